The van der Waals surface area contributed by atoms with Crippen molar-refractivity contribution in [3.63, 3.8) is 0 Å². The summed E-state index contributed by atoms with van der Waals surface area (Å²) < 4.78 is 2.19. The van der Waals surface area contributed by atoms with Gasteiger partial charge < -0.3 is 9.72 Å². The zero-order valence-corrected chi connectivity index (χ0v) is 10.3. The molecule has 2 aromatic heterocycles. The fraction of sp³-hybridized carbons (Fsp3) is 0.538. The number of nitrogens with one attached hydrogen (secondary N) is 1. The minimum Gasteiger partial charge on any atom is -0.316 e. The number of nitrogens with zero attached hydrogens (tertiary/aromatic N) is 3. The highest BCUT2D eigenvalue weighted by Gasteiger charge is 2.23. The van der Waals surface area contributed by atoms with Gasteiger partial charge in [-0.15, -0.1) is 0 Å². The molecule has 1 N–H and O–H groups in total. The summed E-state index contributed by atoms with van der Waals surface area (Å²) in [5.41, 5.74) is 2.39. The Morgan fingerprint density at radius 3 is 3.06 bits per heavy atom. The maximum absolute atomic E-state index is 4.85. The van der Waals surface area contributed by atoms with E-state index < -0.39 is 0 Å². The van der Waals surface area contributed by atoms with E-state index in [0.717, 1.165) is 18.9 Å². The summed E-state index contributed by atoms with van der Waals surface area (Å²) in [5.74, 6) is 2.12. The molecule has 90 valence electrons. The van der Waals surface area contributed by atoms with Crippen molar-refractivity contribution in [2.24, 2.45) is 0 Å². The first-order valence-electron chi connectivity index (χ1n) is 6.30. The van der Waals surface area contributed by atoms with Crippen LogP contribution < -0.4 is 5.32 Å². The van der Waals surface area contributed by atoms with E-state index in [1.54, 1.807) is 0 Å². The van der Waals surface area contributed by atoms with Crippen molar-refractivity contribution >= 4 is 5.52 Å². The molecular weight excluding hydrogens is 212 g/mol. The fourth-order valence-electron chi connectivity index (χ4n) is 2.58. The van der Waals surface area contributed by atoms with Crippen LogP contribution in [0, 0.1) is 0 Å². The molecule has 1 aliphatic heterocycles. The lowest BCUT2D eigenvalue weighted by atomic mass is 10.0. The van der Waals surface area contributed by atoms with Crippen LogP contribution in [0.4, 0.5) is 0 Å². The van der Waals surface area contributed by atoms with Crippen LogP contribution in [0.5, 0.6) is 0 Å². The van der Waals surface area contributed by atoms with Gasteiger partial charge >= 0.3 is 0 Å². The van der Waals surface area contributed by atoms with Crippen molar-refractivity contribution in [1.29, 1.82) is 0 Å². The summed E-state index contributed by atoms with van der Waals surface area (Å²) in [7, 11) is 0. The number of imidazole rings is 1. The first-order chi connectivity index (χ1) is 8.27. The minimum atomic E-state index is 0.438. The van der Waals surface area contributed by atoms with E-state index >= 15 is 0 Å². The molecule has 2 aromatic rings. The molecule has 4 nitrogen and oxygen atoms in total. The third kappa shape index (κ3) is 1.72. The van der Waals surface area contributed by atoms with Gasteiger partial charge in [-0.25, -0.2) is 4.98 Å². The summed E-state index contributed by atoms with van der Waals surface area (Å²) in [6.07, 6.45) is 6.96. The average Bonchev–Trinajstić information content (AvgIpc) is 2.95. The Kier molecular flexibility index (Phi) is 2.59. The quantitative estimate of drug-likeness (QED) is 0.857. The molecule has 0 saturated carbocycles. The SMILES string of the molecule is CC(C)c1nc(C2CCNC2)c2cnccn12. The van der Waals surface area contributed by atoms with E-state index in [0.29, 0.717) is 11.8 Å². The summed E-state index contributed by atoms with van der Waals surface area (Å²) in [5, 5.41) is 3.40. The summed E-state index contributed by atoms with van der Waals surface area (Å²) in [6.45, 7) is 6.51. The zero-order chi connectivity index (χ0) is 11.8. The molecule has 1 atom stereocenters. The molecule has 0 aromatic carbocycles. The van der Waals surface area contributed by atoms with Crippen LogP contribution in [0.25, 0.3) is 5.52 Å². The van der Waals surface area contributed by atoms with Gasteiger partial charge in [0, 0.05) is 30.8 Å². The molecule has 0 amide bonds. The molecule has 3 heterocycles. The third-order valence-electron chi connectivity index (χ3n) is 3.47. The predicted molar refractivity (Wildman–Crippen MR) is 67.3 cm³/mol. The van der Waals surface area contributed by atoms with Crippen molar-refractivity contribution in [2.45, 2.75) is 32.1 Å². The first-order valence-corrected chi connectivity index (χ1v) is 6.30. The lowest BCUT2D eigenvalue weighted by Crippen LogP contribution is -2.08. The van der Waals surface area contributed by atoms with Crippen LogP contribution in [-0.2, 0) is 0 Å². The maximum Gasteiger partial charge on any atom is 0.116 e. The van der Waals surface area contributed by atoms with E-state index in [4.69, 9.17) is 4.98 Å². The van der Waals surface area contributed by atoms with Gasteiger partial charge in [-0.05, 0) is 13.0 Å². The fourth-order valence-corrected chi connectivity index (χ4v) is 2.58. The molecule has 0 radical (unpaired) electrons. The Balaban J connectivity index is 2.17. The molecule has 0 bridgehead atoms. The van der Waals surface area contributed by atoms with Crippen molar-refractivity contribution < 1.29 is 0 Å². The van der Waals surface area contributed by atoms with Gasteiger partial charge in [0.25, 0.3) is 0 Å². The van der Waals surface area contributed by atoms with E-state index in [2.05, 4.69) is 28.5 Å². The summed E-state index contributed by atoms with van der Waals surface area (Å²) in [6, 6.07) is 0. The number of fused-ring (bicyclic) bond motifs is 1. The summed E-state index contributed by atoms with van der Waals surface area (Å²) >= 11 is 0. The predicted octanol–water partition coefficient (Wildman–Crippen LogP) is 1.93. The standard InChI is InChI=1S/C13H18N4/c1-9(2)13-16-12(10-3-4-14-7-10)11-8-15-5-6-17(11)13/h5-6,8-10,14H,3-4,7H2,1-2H3. The first kappa shape index (κ1) is 10.7. The van der Waals surface area contributed by atoms with E-state index in [1.165, 1.54) is 17.6 Å². The van der Waals surface area contributed by atoms with Gasteiger partial charge in [-0.2, -0.15) is 0 Å². The Morgan fingerprint density at radius 2 is 2.35 bits per heavy atom. The zero-order valence-electron chi connectivity index (χ0n) is 10.3. The number of rotatable bonds is 2. The number of hydrogen-bond acceptors (Lipinski definition) is 3. The lowest BCUT2D eigenvalue weighted by Gasteiger charge is -2.04. The molecule has 17 heavy (non-hydrogen) atoms. The third-order valence-corrected chi connectivity index (χ3v) is 3.47. The topological polar surface area (TPSA) is 42.2 Å². The molecule has 1 fully saturated rings. The van der Waals surface area contributed by atoms with Crippen molar-refractivity contribution in [1.82, 2.24) is 19.7 Å². The molecule has 4 heteroatoms. The second kappa shape index (κ2) is 4.11. The molecule has 1 aliphatic rings. The Morgan fingerprint density at radius 1 is 1.47 bits per heavy atom. The highest BCUT2D eigenvalue weighted by Crippen LogP contribution is 2.28. The van der Waals surface area contributed by atoms with Crippen molar-refractivity contribution in [2.75, 3.05) is 13.1 Å². The molecule has 0 spiro atoms. The van der Waals surface area contributed by atoms with E-state index in [9.17, 15) is 0 Å². The van der Waals surface area contributed by atoms with Crippen LogP contribution in [-0.4, -0.2) is 27.5 Å². The van der Waals surface area contributed by atoms with Crippen LogP contribution in [0.3, 0.4) is 0 Å². The van der Waals surface area contributed by atoms with Crippen LogP contribution in [0.15, 0.2) is 18.6 Å². The average molecular weight is 230 g/mol. The number of aromatic nitrogens is 3. The number of hydrogen-bond donors (Lipinski definition) is 1. The molecule has 0 aliphatic carbocycles. The van der Waals surface area contributed by atoms with Gasteiger partial charge in [-0.1, -0.05) is 13.8 Å². The van der Waals surface area contributed by atoms with Gasteiger partial charge in [0.15, 0.2) is 0 Å². The molecule has 3 rings (SSSR count). The highest BCUT2D eigenvalue weighted by molar-refractivity contribution is 5.53. The summed E-state index contributed by atoms with van der Waals surface area (Å²) in [4.78, 5) is 9.09. The molecular formula is C13H18N4. The van der Waals surface area contributed by atoms with Crippen molar-refractivity contribution in [3.8, 4) is 0 Å². The second-order valence-corrected chi connectivity index (χ2v) is 5.03. The molecule has 1 saturated heterocycles. The van der Waals surface area contributed by atoms with Gasteiger partial charge in [-0.3, -0.25) is 4.98 Å². The normalized spacial score (nSPS) is 20.5. The Hall–Kier alpha value is -1.42. The van der Waals surface area contributed by atoms with Crippen LogP contribution in [0.2, 0.25) is 0 Å². The second-order valence-electron chi connectivity index (χ2n) is 5.03. The maximum atomic E-state index is 4.85. The van der Waals surface area contributed by atoms with Crippen molar-refractivity contribution in [3.05, 3.63) is 30.1 Å². The van der Waals surface area contributed by atoms with E-state index in [-0.39, 0.29) is 0 Å². The molecule has 1 unspecified atom stereocenters. The van der Waals surface area contributed by atoms with Gasteiger partial charge in [0.2, 0.25) is 0 Å². The van der Waals surface area contributed by atoms with E-state index in [1.807, 2.05) is 18.6 Å². The minimum absolute atomic E-state index is 0.438. The largest absolute Gasteiger partial charge is 0.316 e. The van der Waals surface area contributed by atoms with Crippen LogP contribution in [0.1, 0.15) is 43.6 Å². The van der Waals surface area contributed by atoms with Gasteiger partial charge in [0.05, 0.1) is 17.4 Å². The monoisotopic (exact) mass is 230 g/mol. The highest BCUT2D eigenvalue weighted by atomic mass is 15.1. The van der Waals surface area contributed by atoms with Gasteiger partial charge in [0.1, 0.15) is 5.82 Å². The Labute approximate surface area is 101 Å². The van der Waals surface area contributed by atoms with Crippen LogP contribution >= 0.6 is 0 Å². The lowest BCUT2D eigenvalue weighted by molar-refractivity contribution is 0.724. The smallest absolute Gasteiger partial charge is 0.116 e. The Bertz CT molecular complexity index is 523.